The number of rotatable bonds is 4. The molecule has 0 saturated heterocycles. The molecule has 29 heavy (non-hydrogen) atoms. The van der Waals surface area contributed by atoms with Crippen molar-refractivity contribution in [1.29, 1.82) is 0 Å². The van der Waals surface area contributed by atoms with Crippen molar-refractivity contribution >= 4 is 33.2 Å². The van der Waals surface area contributed by atoms with Crippen LogP contribution in [0.1, 0.15) is 37.3 Å². The Bertz CT molecular complexity index is 1230. The maximum absolute atomic E-state index is 10.4. The third-order valence-electron chi connectivity index (χ3n) is 5.52. The second kappa shape index (κ2) is 7.17. The molecule has 0 saturated carbocycles. The number of pyridine rings is 1. The van der Waals surface area contributed by atoms with Gasteiger partial charge >= 0.3 is 0 Å². The summed E-state index contributed by atoms with van der Waals surface area (Å²) in [7, 11) is 0. The van der Waals surface area contributed by atoms with Gasteiger partial charge in [0, 0.05) is 16.5 Å². The van der Waals surface area contributed by atoms with Crippen molar-refractivity contribution in [3.63, 3.8) is 0 Å². The predicted molar refractivity (Wildman–Crippen MR) is 117 cm³/mol. The van der Waals surface area contributed by atoms with Crippen LogP contribution in [-0.4, -0.2) is 20.3 Å². The topological polar surface area (TPSA) is 85.6 Å². The van der Waals surface area contributed by atoms with Gasteiger partial charge in [-0.3, -0.25) is 0 Å². The number of phenols is 3. The molecule has 0 bridgehead atoms. The zero-order valence-electron chi connectivity index (χ0n) is 16.7. The Labute approximate surface area is 169 Å². The number of aromatic hydroxyl groups is 3. The largest absolute Gasteiger partial charge is 0.504 e. The minimum absolute atomic E-state index is 0.238. The predicted octanol–water partition coefficient (Wildman–Crippen LogP) is 6.07. The summed E-state index contributed by atoms with van der Waals surface area (Å²) in [6.45, 7) is 6.31. The van der Waals surface area contributed by atoms with E-state index in [0.717, 1.165) is 28.7 Å². The minimum atomic E-state index is -0.567. The van der Waals surface area contributed by atoms with Crippen LogP contribution < -0.4 is 5.32 Å². The summed E-state index contributed by atoms with van der Waals surface area (Å²) in [6, 6.07) is 15.5. The maximum Gasteiger partial charge on any atom is 0.202 e. The van der Waals surface area contributed by atoms with E-state index in [-0.39, 0.29) is 11.3 Å². The molecule has 1 atom stereocenters. The van der Waals surface area contributed by atoms with Crippen LogP contribution in [0.5, 0.6) is 17.2 Å². The lowest BCUT2D eigenvalue weighted by Gasteiger charge is -2.19. The number of para-hydroxylation sites is 1. The van der Waals surface area contributed by atoms with Gasteiger partial charge in [-0.1, -0.05) is 44.2 Å². The van der Waals surface area contributed by atoms with Crippen LogP contribution in [0.15, 0.2) is 48.5 Å². The van der Waals surface area contributed by atoms with Gasteiger partial charge in [0.25, 0.3) is 0 Å². The number of aryl methyl sites for hydroxylation is 1. The first kappa shape index (κ1) is 18.9. The Morgan fingerprint density at radius 1 is 0.966 bits per heavy atom. The highest BCUT2D eigenvalue weighted by atomic mass is 16.3. The number of hydrogen-bond donors (Lipinski definition) is 4. The molecule has 0 amide bonds. The smallest absolute Gasteiger partial charge is 0.202 e. The summed E-state index contributed by atoms with van der Waals surface area (Å²) in [5.41, 5.74) is 4.85. The van der Waals surface area contributed by atoms with E-state index in [9.17, 15) is 15.3 Å². The number of benzene rings is 3. The molecule has 0 radical (unpaired) electrons. The molecule has 4 rings (SSSR count). The van der Waals surface area contributed by atoms with Gasteiger partial charge in [-0.2, -0.15) is 0 Å². The molecule has 4 N–H and O–H groups in total. The van der Waals surface area contributed by atoms with E-state index in [0.29, 0.717) is 16.8 Å². The zero-order chi connectivity index (χ0) is 20.7. The summed E-state index contributed by atoms with van der Waals surface area (Å²) in [5, 5.41) is 35.5. The summed E-state index contributed by atoms with van der Waals surface area (Å²) >= 11 is 0. The van der Waals surface area contributed by atoms with Crippen LogP contribution >= 0.6 is 0 Å². The monoisotopic (exact) mass is 388 g/mol. The lowest BCUT2D eigenvalue weighted by atomic mass is 9.96. The second-order valence-corrected chi connectivity index (χ2v) is 7.52. The molecule has 0 aliphatic carbocycles. The molecule has 5 nitrogen and oxygen atoms in total. The van der Waals surface area contributed by atoms with E-state index in [1.807, 2.05) is 43.3 Å². The lowest BCUT2D eigenvalue weighted by Crippen LogP contribution is -2.01. The molecule has 5 heteroatoms. The SMILES string of the molecule is CCC(C)c1ccccc1Nc1c2ccc(C)cc2nc2c(O)c(O)c(O)cc12. The summed E-state index contributed by atoms with van der Waals surface area (Å²) in [5.74, 6) is -1.02. The summed E-state index contributed by atoms with van der Waals surface area (Å²) < 4.78 is 0. The molecule has 3 aromatic carbocycles. The van der Waals surface area contributed by atoms with Gasteiger partial charge in [0.2, 0.25) is 5.75 Å². The molecule has 4 aromatic rings. The molecule has 148 valence electrons. The fourth-order valence-electron chi connectivity index (χ4n) is 3.68. The molecular formula is C24H24N2O3. The Morgan fingerprint density at radius 3 is 2.48 bits per heavy atom. The average Bonchev–Trinajstić information content (AvgIpc) is 2.72. The quantitative estimate of drug-likeness (QED) is 0.252. The molecule has 0 spiro atoms. The van der Waals surface area contributed by atoms with Crippen molar-refractivity contribution in [2.75, 3.05) is 5.32 Å². The second-order valence-electron chi connectivity index (χ2n) is 7.52. The van der Waals surface area contributed by atoms with Crippen LogP contribution in [-0.2, 0) is 0 Å². The Hall–Kier alpha value is -3.47. The van der Waals surface area contributed by atoms with Crippen LogP contribution in [0.2, 0.25) is 0 Å². The number of nitrogens with one attached hydrogen (secondary N) is 1. The van der Waals surface area contributed by atoms with Crippen molar-refractivity contribution in [3.05, 3.63) is 59.7 Å². The number of hydrogen-bond acceptors (Lipinski definition) is 5. The molecule has 0 aliphatic heterocycles. The number of aromatic nitrogens is 1. The highest BCUT2D eigenvalue weighted by Crippen LogP contribution is 2.45. The standard InChI is InChI=1S/C24H24N2O3/c1-4-14(3)15-7-5-6-8-18(15)25-21-16-10-9-13(2)11-19(16)26-22-17(21)12-20(27)23(28)24(22)29/h5-12,14,27-29H,4H2,1-3H3,(H,25,26). The van der Waals surface area contributed by atoms with E-state index < -0.39 is 11.5 Å². The third-order valence-corrected chi connectivity index (χ3v) is 5.52. The van der Waals surface area contributed by atoms with Crippen molar-refractivity contribution in [3.8, 4) is 17.2 Å². The molecule has 0 aliphatic rings. The molecule has 0 fully saturated rings. The number of phenolic OH excluding ortho intramolecular Hbond substituents is 3. The van der Waals surface area contributed by atoms with Crippen LogP contribution in [0.4, 0.5) is 11.4 Å². The lowest BCUT2D eigenvalue weighted by molar-refractivity contribution is 0.371. The number of nitrogens with zero attached hydrogens (tertiary/aromatic N) is 1. The van der Waals surface area contributed by atoms with E-state index in [1.54, 1.807) is 0 Å². The van der Waals surface area contributed by atoms with Crippen LogP contribution in [0, 0.1) is 6.92 Å². The highest BCUT2D eigenvalue weighted by Gasteiger charge is 2.19. The van der Waals surface area contributed by atoms with E-state index in [4.69, 9.17) is 0 Å². The van der Waals surface area contributed by atoms with Gasteiger partial charge < -0.3 is 20.6 Å². The first-order valence-electron chi connectivity index (χ1n) is 9.74. The van der Waals surface area contributed by atoms with Gasteiger partial charge in [0.05, 0.1) is 11.2 Å². The van der Waals surface area contributed by atoms with Gasteiger partial charge in [-0.05, 0) is 48.6 Å². The highest BCUT2D eigenvalue weighted by molar-refractivity contribution is 6.11. The van der Waals surface area contributed by atoms with Gasteiger partial charge in [-0.25, -0.2) is 4.98 Å². The van der Waals surface area contributed by atoms with Gasteiger partial charge in [0.1, 0.15) is 5.52 Å². The molecule has 1 heterocycles. The van der Waals surface area contributed by atoms with E-state index in [2.05, 4.69) is 30.2 Å². The van der Waals surface area contributed by atoms with Gasteiger partial charge in [-0.15, -0.1) is 0 Å². The van der Waals surface area contributed by atoms with Crippen molar-refractivity contribution in [2.24, 2.45) is 0 Å². The van der Waals surface area contributed by atoms with Gasteiger partial charge in [0.15, 0.2) is 11.5 Å². The number of anilines is 2. The molecular weight excluding hydrogens is 364 g/mol. The summed E-state index contributed by atoms with van der Waals surface area (Å²) in [6.07, 6.45) is 1.01. The maximum atomic E-state index is 10.4. The fourth-order valence-corrected chi connectivity index (χ4v) is 3.68. The van der Waals surface area contributed by atoms with E-state index in [1.165, 1.54) is 11.6 Å². The number of fused-ring (bicyclic) bond motifs is 2. The first-order chi connectivity index (χ1) is 13.9. The summed E-state index contributed by atoms with van der Waals surface area (Å²) in [4.78, 5) is 4.55. The van der Waals surface area contributed by atoms with Crippen molar-refractivity contribution in [2.45, 2.75) is 33.1 Å². The van der Waals surface area contributed by atoms with E-state index >= 15 is 0 Å². The average molecular weight is 388 g/mol. The van der Waals surface area contributed by atoms with Crippen molar-refractivity contribution < 1.29 is 15.3 Å². The van der Waals surface area contributed by atoms with Crippen LogP contribution in [0.3, 0.4) is 0 Å². The Kier molecular flexibility index (Phi) is 4.66. The van der Waals surface area contributed by atoms with Crippen molar-refractivity contribution in [1.82, 2.24) is 4.98 Å². The normalized spacial score (nSPS) is 12.4. The Morgan fingerprint density at radius 2 is 1.72 bits per heavy atom. The Balaban J connectivity index is 2.04. The third kappa shape index (κ3) is 3.18. The minimum Gasteiger partial charge on any atom is -0.504 e. The van der Waals surface area contributed by atoms with Crippen LogP contribution in [0.25, 0.3) is 21.8 Å². The fraction of sp³-hybridized carbons (Fsp3) is 0.208. The zero-order valence-corrected chi connectivity index (χ0v) is 16.7. The first-order valence-corrected chi connectivity index (χ1v) is 9.74. The molecule has 1 aromatic heterocycles. The molecule has 1 unspecified atom stereocenters.